The monoisotopic (exact) mass is 270 g/mol. The largest absolute Gasteiger partial charge is 0.478 e. The van der Waals surface area contributed by atoms with Gasteiger partial charge in [-0.3, -0.25) is 0 Å². The number of hydrogen-bond acceptors (Lipinski definition) is 3. The Bertz CT molecular complexity index is 597. The van der Waals surface area contributed by atoms with Crippen LogP contribution in [-0.4, -0.2) is 29.7 Å². The van der Waals surface area contributed by atoms with Crippen molar-refractivity contribution < 1.29 is 9.90 Å². The third-order valence-electron chi connectivity index (χ3n) is 3.24. The van der Waals surface area contributed by atoms with Gasteiger partial charge in [0.1, 0.15) is 5.82 Å². The first-order valence-corrected chi connectivity index (χ1v) is 6.53. The second-order valence-corrected chi connectivity index (χ2v) is 4.83. The number of anilines is 1. The van der Waals surface area contributed by atoms with Crippen LogP contribution in [0.5, 0.6) is 0 Å². The Morgan fingerprint density at radius 1 is 1.30 bits per heavy atom. The number of nitrogens with zero attached hydrogens (tertiary/aromatic N) is 2. The molecular weight excluding hydrogens is 252 g/mol. The van der Waals surface area contributed by atoms with E-state index in [0.29, 0.717) is 0 Å². The zero-order chi connectivity index (χ0) is 14.5. The second-order valence-electron chi connectivity index (χ2n) is 4.83. The van der Waals surface area contributed by atoms with Crippen molar-refractivity contribution in [2.24, 2.45) is 0 Å². The van der Waals surface area contributed by atoms with Gasteiger partial charge < -0.3 is 10.0 Å². The lowest BCUT2D eigenvalue weighted by Crippen LogP contribution is -2.22. The van der Waals surface area contributed by atoms with E-state index in [2.05, 4.69) is 17.1 Å². The van der Waals surface area contributed by atoms with Gasteiger partial charge in [-0.2, -0.15) is 0 Å². The summed E-state index contributed by atoms with van der Waals surface area (Å²) in [5.74, 6) is -0.120. The highest BCUT2D eigenvalue weighted by Gasteiger charge is 2.10. The fourth-order valence-corrected chi connectivity index (χ4v) is 2.13. The molecule has 0 bridgehead atoms. The molecule has 20 heavy (non-hydrogen) atoms. The molecule has 1 aromatic carbocycles. The van der Waals surface area contributed by atoms with Crippen molar-refractivity contribution in [2.45, 2.75) is 13.3 Å². The quantitative estimate of drug-likeness (QED) is 0.907. The van der Waals surface area contributed by atoms with Crippen LogP contribution in [0.1, 0.15) is 21.5 Å². The van der Waals surface area contributed by atoms with E-state index in [-0.39, 0.29) is 5.56 Å². The molecule has 104 valence electrons. The van der Waals surface area contributed by atoms with Crippen molar-refractivity contribution >= 4 is 11.8 Å². The number of aryl methyl sites for hydroxylation is 1. The molecule has 0 fully saturated rings. The SMILES string of the molecule is Cc1cc(C(=O)O)cnc1N(C)CCc1ccccc1. The number of rotatable bonds is 5. The number of carboxylic acid groups (broad SMARTS) is 1. The van der Waals surface area contributed by atoms with Gasteiger partial charge >= 0.3 is 5.97 Å². The van der Waals surface area contributed by atoms with E-state index in [4.69, 9.17) is 5.11 Å². The molecule has 2 aromatic rings. The van der Waals surface area contributed by atoms with Gasteiger partial charge in [-0.15, -0.1) is 0 Å². The minimum absolute atomic E-state index is 0.225. The van der Waals surface area contributed by atoms with Gasteiger partial charge in [0.2, 0.25) is 0 Å². The van der Waals surface area contributed by atoms with Gasteiger partial charge in [-0.1, -0.05) is 30.3 Å². The van der Waals surface area contributed by atoms with E-state index in [0.717, 1.165) is 24.3 Å². The first-order valence-electron chi connectivity index (χ1n) is 6.53. The molecule has 0 saturated carbocycles. The Kier molecular flexibility index (Phi) is 4.35. The Balaban J connectivity index is 2.06. The molecule has 1 aromatic heterocycles. The number of aromatic carboxylic acids is 1. The van der Waals surface area contributed by atoms with E-state index in [1.807, 2.05) is 37.1 Å². The summed E-state index contributed by atoms with van der Waals surface area (Å²) in [5.41, 5.74) is 2.38. The lowest BCUT2D eigenvalue weighted by molar-refractivity contribution is 0.0696. The van der Waals surface area contributed by atoms with E-state index < -0.39 is 5.97 Å². The highest BCUT2D eigenvalue weighted by molar-refractivity contribution is 5.87. The van der Waals surface area contributed by atoms with Gasteiger partial charge in [0.25, 0.3) is 0 Å². The van der Waals surface area contributed by atoms with Crippen LogP contribution in [0, 0.1) is 6.92 Å². The van der Waals surface area contributed by atoms with Crippen LogP contribution in [0.15, 0.2) is 42.6 Å². The number of aromatic nitrogens is 1. The van der Waals surface area contributed by atoms with E-state index in [9.17, 15) is 4.79 Å². The molecule has 0 spiro atoms. The summed E-state index contributed by atoms with van der Waals surface area (Å²) in [6, 6.07) is 11.9. The Labute approximate surface area is 118 Å². The normalized spacial score (nSPS) is 10.3. The van der Waals surface area contributed by atoms with E-state index >= 15 is 0 Å². The minimum Gasteiger partial charge on any atom is -0.478 e. The summed E-state index contributed by atoms with van der Waals surface area (Å²) in [6.45, 7) is 2.72. The Hall–Kier alpha value is -2.36. The fraction of sp³-hybridized carbons (Fsp3) is 0.250. The molecule has 1 N–H and O–H groups in total. The van der Waals surface area contributed by atoms with Crippen LogP contribution in [-0.2, 0) is 6.42 Å². The highest BCUT2D eigenvalue weighted by atomic mass is 16.4. The van der Waals surface area contributed by atoms with Crippen LogP contribution in [0.2, 0.25) is 0 Å². The molecule has 0 aliphatic heterocycles. The third kappa shape index (κ3) is 3.35. The Morgan fingerprint density at radius 2 is 2.00 bits per heavy atom. The number of benzene rings is 1. The first kappa shape index (κ1) is 14.1. The number of carboxylic acids is 1. The average molecular weight is 270 g/mol. The predicted molar refractivity (Wildman–Crippen MR) is 79.3 cm³/mol. The van der Waals surface area contributed by atoms with Crippen LogP contribution in [0.25, 0.3) is 0 Å². The maximum Gasteiger partial charge on any atom is 0.337 e. The lowest BCUT2D eigenvalue weighted by atomic mass is 10.1. The number of hydrogen-bond donors (Lipinski definition) is 1. The first-order chi connectivity index (χ1) is 9.58. The summed E-state index contributed by atoms with van der Waals surface area (Å²) in [5, 5.41) is 8.94. The molecule has 2 rings (SSSR count). The standard InChI is InChI=1S/C16H18N2O2/c1-12-10-14(16(19)20)11-17-15(12)18(2)9-8-13-6-4-3-5-7-13/h3-7,10-11H,8-9H2,1-2H3,(H,19,20). The van der Waals surface area contributed by atoms with Crippen molar-refractivity contribution in [3.63, 3.8) is 0 Å². The fourth-order valence-electron chi connectivity index (χ4n) is 2.13. The third-order valence-corrected chi connectivity index (χ3v) is 3.24. The van der Waals surface area contributed by atoms with Gasteiger partial charge in [0.15, 0.2) is 0 Å². The molecule has 4 heteroatoms. The molecule has 0 unspecified atom stereocenters. The molecule has 0 amide bonds. The molecule has 0 saturated heterocycles. The zero-order valence-corrected chi connectivity index (χ0v) is 11.7. The van der Waals surface area contributed by atoms with E-state index in [1.165, 1.54) is 11.8 Å². The van der Waals surface area contributed by atoms with Crippen molar-refractivity contribution in [1.29, 1.82) is 0 Å². The van der Waals surface area contributed by atoms with Crippen LogP contribution >= 0.6 is 0 Å². The number of pyridine rings is 1. The van der Waals surface area contributed by atoms with Crippen LogP contribution < -0.4 is 4.90 Å². The summed E-state index contributed by atoms with van der Waals surface area (Å²) >= 11 is 0. The summed E-state index contributed by atoms with van der Waals surface area (Å²) in [6.07, 6.45) is 2.34. The van der Waals surface area contributed by atoms with Gasteiger partial charge in [0.05, 0.1) is 5.56 Å². The van der Waals surface area contributed by atoms with Gasteiger partial charge in [-0.05, 0) is 30.5 Å². The van der Waals surface area contributed by atoms with E-state index in [1.54, 1.807) is 6.07 Å². The predicted octanol–water partition coefficient (Wildman–Crippen LogP) is 2.77. The Morgan fingerprint density at radius 3 is 2.60 bits per heavy atom. The van der Waals surface area contributed by atoms with Gasteiger partial charge in [-0.25, -0.2) is 9.78 Å². The van der Waals surface area contributed by atoms with Gasteiger partial charge in [0, 0.05) is 19.8 Å². The smallest absolute Gasteiger partial charge is 0.337 e. The second kappa shape index (κ2) is 6.19. The molecule has 0 radical (unpaired) electrons. The van der Waals surface area contributed by atoms with Crippen molar-refractivity contribution in [3.05, 3.63) is 59.3 Å². The lowest BCUT2D eigenvalue weighted by Gasteiger charge is -2.20. The maximum atomic E-state index is 10.9. The molecule has 0 aliphatic carbocycles. The maximum absolute atomic E-state index is 10.9. The number of likely N-dealkylation sites (N-methyl/N-ethyl adjacent to an activating group) is 1. The minimum atomic E-state index is -0.945. The number of carbonyl (C=O) groups is 1. The van der Waals surface area contributed by atoms with Crippen molar-refractivity contribution in [3.8, 4) is 0 Å². The zero-order valence-electron chi connectivity index (χ0n) is 11.7. The summed E-state index contributed by atoms with van der Waals surface area (Å²) in [4.78, 5) is 17.2. The average Bonchev–Trinajstić information content (AvgIpc) is 2.45. The summed E-state index contributed by atoms with van der Waals surface area (Å²) in [7, 11) is 1.97. The molecule has 0 aliphatic rings. The van der Waals surface area contributed by atoms with Crippen molar-refractivity contribution in [1.82, 2.24) is 4.98 Å². The van der Waals surface area contributed by atoms with Crippen LogP contribution in [0.4, 0.5) is 5.82 Å². The van der Waals surface area contributed by atoms with Crippen molar-refractivity contribution in [2.75, 3.05) is 18.5 Å². The summed E-state index contributed by atoms with van der Waals surface area (Å²) < 4.78 is 0. The van der Waals surface area contributed by atoms with Crippen LogP contribution in [0.3, 0.4) is 0 Å². The highest BCUT2D eigenvalue weighted by Crippen LogP contribution is 2.17. The molecule has 4 nitrogen and oxygen atoms in total. The topological polar surface area (TPSA) is 53.4 Å². The molecular formula is C16H18N2O2. The molecule has 1 heterocycles. The molecule has 0 atom stereocenters.